The Morgan fingerprint density at radius 3 is 2.46 bits per heavy atom. The Labute approximate surface area is 150 Å². The Balaban J connectivity index is 1.75. The predicted octanol–water partition coefficient (Wildman–Crippen LogP) is 5.20. The van der Waals surface area contributed by atoms with Gasteiger partial charge < -0.3 is 14.2 Å². The molecule has 134 valence electrons. The molecule has 3 aromatic rings. The molecule has 0 N–H and O–H groups in total. The topological polar surface area (TPSA) is 27.7 Å². The first-order valence-corrected chi connectivity index (χ1v) is 8.40. The van der Waals surface area contributed by atoms with Crippen molar-refractivity contribution in [2.75, 3.05) is 14.2 Å². The SMILES string of the molecule is COc1cc2ccc3c(c2cc1OC)CCC(c1ccc(F)cc1F)O3. The highest BCUT2D eigenvalue weighted by atomic mass is 19.1. The molecule has 1 heterocycles. The lowest BCUT2D eigenvalue weighted by atomic mass is 9.93. The normalized spacial score (nSPS) is 16.1. The summed E-state index contributed by atoms with van der Waals surface area (Å²) < 4.78 is 44.1. The second-order valence-electron chi connectivity index (χ2n) is 6.28. The van der Waals surface area contributed by atoms with Gasteiger partial charge in [-0.1, -0.05) is 6.07 Å². The number of methoxy groups -OCH3 is 2. The molecule has 0 amide bonds. The van der Waals surface area contributed by atoms with E-state index in [1.54, 1.807) is 14.2 Å². The lowest BCUT2D eigenvalue weighted by molar-refractivity contribution is 0.172. The summed E-state index contributed by atoms with van der Waals surface area (Å²) in [6.45, 7) is 0. The standard InChI is InChI=1S/C21H18F2O3/c1-24-20-9-12-3-7-18-14(16(12)11-21(20)25-2)6-8-19(26-18)15-5-4-13(22)10-17(15)23/h3-5,7,9-11,19H,6,8H2,1-2H3. The summed E-state index contributed by atoms with van der Waals surface area (Å²) in [7, 11) is 3.20. The summed E-state index contributed by atoms with van der Waals surface area (Å²) in [4.78, 5) is 0. The highest BCUT2D eigenvalue weighted by Crippen LogP contribution is 2.42. The van der Waals surface area contributed by atoms with Crippen LogP contribution in [-0.4, -0.2) is 14.2 Å². The van der Waals surface area contributed by atoms with Crippen molar-refractivity contribution in [3.05, 3.63) is 65.2 Å². The zero-order chi connectivity index (χ0) is 18.3. The maximum absolute atomic E-state index is 14.1. The van der Waals surface area contributed by atoms with Crippen LogP contribution in [0, 0.1) is 11.6 Å². The second kappa shape index (κ2) is 6.48. The van der Waals surface area contributed by atoms with Crippen molar-refractivity contribution in [1.82, 2.24) is 0 Å². The Hall–Kier alpha value is -2.82. The molecule has 0 spiro atoms. The van der Waals surface area contributed by atoms with Crippen LogP contribution >= 0.6 is 0 Å². The lowest BCUT2D eigenvalue weighted by Gasteiger charge is -2.28. The van der Waals surface area contributed by atoms with Crippen LogP contribution in [0.1, 0.15) is 23.7 Å². The molecular formula is C21H18F2O3. The van der Waals surface area contributed by atoms with Crippen molar-refractivity contribution >= 4 is 10.8 Å². The van der Waals surface area contributed by atoms with Gasteiger partial charge in [0.05, 0.1) is 14.2 Å². The van der Waals surface area contributed by atoms with E-state index in [9.17, 15) is 8.78 Å². The third-order valence-electron chi connectivity index (χ3n) is 4.83. The van der Waals surface area contributed by atoms with Crippen LogP contribution in [0.2, 0.25) is 0 Å². The third-order valence-corrected chi connectivity index (χ3v) is 4.83. The third kappa shape index (κ3) is 2.73. The fraction of sp³-hybridized carbons (Fsp3) is 0.238. The number of benzene rings is 3. The van der Waals surface area contributed by atoms with Crippen LogP contribution in [0.5, 0.6) is 17.2 Å². The van der Waals surface area contributed by atoms with Gasteiger partial charge in [-0.2, -0.15) is 0 Å². The van der Waals surface area contributed by atoms with Crippen molar-refractivity contribution in [2.45, 2.75) is 18.9 Å². The smallest absolute Gasteiger partial charge is 0.161 e. The number of hydrogen-bond donors (Lipinski definition) is 0. The molecule has 0 aromatic heterocycles. The van der Waals surface area contributed by atoms with Gasteiger partial charge in [-0.3, -0.25) is 0 Å². The molecule has 0 saturated heterocycles. The molecule has 1 unspecified atom stereocenters. The van der Waals surface area contributed by atoms with Gasteiger partial charge >= 0.3 is 0 Å². The molecule has 3 nitrogen and oxygen atoms in total. The van der Waals surface area contributed by atoms with E-state index >= 15 is 0 Å². The first-order valence-electron chi connectivity index (χ1n) is 8.40. The molecule has 0 saturated carbocycles. The van der Waals surface area contributed by atoms with E-state index in [0.29, 0.717) is 29.2 Å². The molecule has 1 aliphatic heterocycles. The maximum atomic E-state index is 14.1. The number of rotatable bonds is 3. The van der Waals surface area contributed by atoms with E-state index in [2.05, 4.69) is 0 Å². The quantitative estimate of drug-likeness (QED) is 0.645. The second-order valence-corrected chi connectivity index (χ2v) is 6.28. The minimum Gasteiger partial charge on any atom is -0.493 e. The highest BCUT2D eigenvalue weighted by Gasteiger charge is 2.25. The fourth-order valence-electron chi connectivity index (χ4n) is 3.53. The average Bonchev–Trinajstić information content (AvgIpc) is 2.66. The van der Waals surface area contributed by atoms with Gasteiger partial charge in [0.15, 0.2) is 11.5 Å². The summed E-state index contributed by atoms with van der Waals surface area (Å²) in [6, 6.07) is 11.3. The molecule has 1 atom stereocenters. The van der Waals surface area contributed by atoms with E-state index in [1.165, 1.54) is 12.1 Å². The molecule has 0 fully saturated rings. The number of aryl methyl sites for hydroxylation is 1. The number of ether oxygens (including phenoxy) is 3. The van der Waals surface area contributed by atoms with E-state index in [-0.39, 0.29) is 0 Å². The number of fused-ring (bicyclic) bond motifs is 3. The van der Waals surface area contributed by atoms with Crippen LogP contribution < -0.4 is 14.2 Å². The monoisotopic (exact) mass is 356 g/mol. The summed E-state index contributed by atoms with van der Waals surface area (Å²) >= 11 is 0. The van der Waals surface area contributed by atoms with Crippen LogP contribution in [-0.2, 0) is 6.42 Å². The van der Waals surface area contributed by atoms with Crippen LogP contribution in [0.4, 0.5) is 8.78 Å². The summed E-state index contributed by atoms with van der Waals surface area (Å²) in [5, 5.41) is 2.05. The van der Waals surface area contributed by atoms with Gasteiger partial charge in [0.25, 0.3) is 0 Å². The summed E-state index contributed by atoms with van der Waals surface area (Å²) in [6.07, 6.45) is 0.910. The largest absolute Gasteiger partial charge is 0.493 e. The van der Waals surface area contributed by atoms with Gasteiger partial charge in [-0.15, -0.1) is 0 Å². The zero-order valence-corrected chi connectivity index (χ0v) is 14.5. The van der Waals surface area contributed by atoms with E-state index in [4.69, 9.17) is 14.2 Å². The fourth-order valence-corrected chi connectivity index (χ4v) is 3.53. The van der Waals surface area contributed by atoms with Crippen molar-refractivity contribution in [3.8, 4) is 17.2 Å². The molecule has 0 aliphatic carbocycles. The Morgan fingerprint density at radius 1 is 0.962 bits per heavy atom. The lowest BCUT2D eigenvalue weighted by Crippen LogP contribution is -2.16. The summed E-state index contributed by atoms with van der Waals surface area (Å²) in [5.41, 5.74) is 1.44. The van der Waals surface area contributed by atoms with Crippen molar-refractivity contribution in [2.24, 2.45) is 0 Å². The van der Waals surface area contributed by atoms with Crippen LogP contribution in [0.25, 0.3) is 10.8 Å². The zero-order valence-electron chi connectivity index (χ0n) is 14.5. The van der Waals surface area contributed by atoms with Gasteiger partial charge in [0, 0.05) is 17.2 Å². The van der Waals surface area contributed by atoms with Crippen molar-refractivity contribution in [1.29, 1.82) is 0 Å². The molecule has 5 heteroatoms. The van der Waals surface area contributed by atoms with Gasteiger partial charge in [-0.25, -0.2) is 8.78 Å². The Morgan fingerprint density at radius 2 is 1.73 bits per heavy atom. The molecule has 0 bridgehead atoms. The highest BCUT2D eigenvalue weighted by molar-refractivity contribution is 5.91. The average molecular weight is 356 g/mol. The molecule has 3 aromatic carbocycles. The van der Waals surface area contributed by atoms with Crippen LogP contribution in [0.3, 0.4) is 0 Å². The van der Waals surface area contributed by atoms with Crippen molar-refractivity contribution in [3.63, 3.8) is 0 Å². The number of halogens is 2. The first kappa shape index (κ1) is 16.6. The summed E-state index contributed by atoms with van der Waals surface area (Å²) in [5.74, 6) is 0.868. The van der Waals surface area contributed by atoms with Gasteiger partial charge in [-0.05, 0) is 53.9 Å². The number of hydrogen-bond acceptors (Lipinski definition) is 3. The molecule has 26 heavy (non-hydrogen) atoms. The predicted molar refractivity (Wildman–Crippen MR) is 95.1 cm³/mol. The van der Waals surface area contributed by atoms with E-state index in [1.807, 2.05) is 24.3 Å². The molecule has 0 radical (unpaired) electrons. The van der Waals surface area contributed by atoms with Gasteiger partial charge in [0.1, 0.15) is 23.5 Å². The minimum absolute atomic E-state index is 0.379. The van der Waals surface area contributed by atoms with E-state index in [0.717, 1.165) is 28.8 Å². The van der Waals surface area contributed by atoms with E-state index < -0.39 is 17.7 Å². The van der Waals surface area contributed by atoms with Crippen molar-refractivity contribution < 1.29 is 23.0 Å². The molecular weight excluding hydrogens is 338 g/mol. The Bertz CT molecular complexity index is 985. The molecule has 1 aliphatic rings. The first-order chi connectivity index (χ1) is 12.6. The molecule has 4 rings (SSSR count). The Kier molecular flexibility index (Phi) is 4.15. The maximum Gasteiger partial charge on any atom is 0.161 e. The van der Waals surface area contributed by atoms with Gasteiger partial charge in [0.2, 0.25) is 0 Å². The van der Waals surface area contributed by atoms with Crippen LogP contribution in [0.15, 0.2) is 42.5 Å². The minimum atomic E-state index is -0.588.